The molecule has 0 saturated carbocycles. The van der Waals surface area contributed by atoms with Crippen LogP contribution in [0.2, 0.25) is 0 Å². The van der Waals surface area contributed by atoms with E-state index in [-0.39, 0.29) is 23.0 Å². The van der Waals surface area contributed by atoms with Crippen molar-refractivity contribution >= 4 is 35.0 Å². The number of hydrogen-bond acceptors (Lipinski definition) is 11. The molecular formula is C32H34FN9O3S. The number of nitrogen functional groups attached to an aromatic ring is 1. The molecule has 2 aliphatic heterocycles. The smallest absolute Gasteiger partial charge is 0.270 e. The molecule has 1 spiro atoms. The molecule has 1 amide bonds. The predicted octanol–water partition coefficient (Wildman–Crippen LogP) is 3.75. The largest absolute Gasteiger partial charge is 0.493 e. The summed E-state index contributed by atoms with van der Waals surface area (Å²) < 4.78 is 16.2. The van der Waals surface area contributed by atoms with Crippen LogP contribution in [-0.2, 0) is 19.4 Å². The Hall–Kier alpha value is -4.56. The number of pyridine rings is 1. The lowest BCUT2D eigenvalue weighted by molar-refractivity contribution is 0.102. The van der Waals surface area contributed by atoms with Gasteiger partial charge in [0, 0.05) is 54.6 Å². The molecule has 1 aromatic carbocycles. The number of aromatic hydroxyl groups is 1. The number of rotatable bonds is 5. The van der Waals surface area contributed by atoms with E-state index in [1.165, 1.54) is 10.6 Å². The lowest BCUT2D eigenvalue weighted by Crippen LogP contribution is -2.44. The number of nitrogens with two attached hydrogens (primary N) is 2. The van der Waals surface area contributed by atoms with E-state index in [2.05, 4.69) is 36.2 Å². The van der Waals surface area contributed by atoms with Gasteiger partial charge in [0.2, 0.25) is 5.88 Å². The monoisotopic (exact) mass is 643 g/mol. The van der Waals surface area contributed by atoms with E-state index in [0.717, 1.165) is 74.3 Å². The summed E-state index contributed by atoms with van der Waals surface area (Å²) in [6, 6.07) is 6.45. The van der Waals surface area contributed by atoms with Gasteiger partial charge in [-0.05, 0) is 73.8 Å². The highest BCUT2D eigenvalue weighted by atomic mass is 32.2. The minimum absolute atomic E-state index is 0.0206. The Kier molecular flexibility index (Phi) is 7.64. The van der Waals surface area contributed by atoms with E-state index in [9.17, 15) is 19.1 Å². The molecule has 7 rings (SSSR count). The molecule has 14 heteroatoms. The number of halogens is 1. The van der Waals surface area contributed by atoms with Gasteiger partial charge in [-0.1, -0.05) is 17.8 Å². The zero-order valence-corrected chi connectivity index (χ0v) is 26.1. The molecule has 1 aliphatic carbocycles. The van der Waals surface area contributed by atoms with Gasteiger partial charge in [0.05, 0.1) is 6.20 Å². The highest BCUT2D eigenvalue weighted by molar-refractivity contribution is 7.99. The second-order valence-electron chi connectivity index (χ2n) is 12.2. The Morgan fingerprint density at radius 3 is 2.74 bits per heavy atom. The number of carbonyl (C=O) groups is 1. The minimum Gasteiger partial charge on any atom is -0.493 e. The number of amides is 1. The number of aromatic nitrogens is 5. The van der Waals surface area contributed by atoms with Gasteiger partial charge in [0.25, 0.3) is 11.5 Å². The maximum atomic E-state index is 14.8. The fourth-order valence-electron chi connectivity index (χ4n) is 6.88. The van der Waals surface area contributed by atoms with Crippen LogP contribution < -0.4 is 27.2 Å². The number of anilines is 3. The summed E-state index contributed by atoms with van der Waals surface area (Å²) in [6.45, 7) is 3.64. The van der Waals surface area contributed by atoms with Gasteiger partial charge >= 0.3 is 0 Å². The summed E-state index contributed by atoms with van der Waals surface area (Å²) in [7, 11) is 0. The number of fused-ring (bicyclic) bond motifs is 2. The summed E-state index contributed by atoms with van der Waals surface area (Å²) in [5.74, 6) is -0.815. The molecule has 46 heavy (non-hydrogen) atoms. The number of nitrogens with one attached hydrogen (secondary N) is 1. The normalized spacial score (nSPS) is 18.3. The van der Waals surface area contributed by atoms with Gasteiger partial charge < -0.3 is 26.8 Å². The summed E-state index contributed by atoms with van der Waals surface area (Å²) in [6.07, 6.45) is 8.32. The van der Waals surface area contributed by atoms with Crippen LogP contribution in [0.3, 0.4) is 0 Å². The fraction of sp³-hybridized carbons (Fsp3) is 0.375. The Balaban J connectivity index is 1.06. The van der Waals surface area contributed by atoms with Crippen LogP contribution in [0.5, 0.6) is 5.88 Å². The van der Waals surface area contributed by atoms with Crippen molar-refractivity contribution in [2.45, 2.75) is 68.0 Å². The lowest BCUT2D eigenvalue weighted by Gasteiger charge is -2.42. The maximum absolute atomic E-state index is 14.8. The number of nitrogens with zero attached hydrogens (tertiary/aromatic N) is 6. The molecule has 1 saturated heterocycles. The van der Waals surface area contributed by atoms with Gasteiger partial charge in [0.15, 0.2) is 11.4 Å². The molecule has 5 heterocycles. The summed E-state index contributed by atoms with van der Waals surface area (Å²) in [5, 5.41) is 13.4. The number of aryl methyl sites for hydroxylation is 1. The third kappa shape index (κ3) is 5.24. The first-order valence-corrected chi connectivity index (χ1v) is 16.1. The standard InChI is InChI=1S/C32H34FN9O3S/c1-17-20(38-28(43)25-29(44)40-23-6-2-3-10-42(23)31(25)45)13-18(33)14-22(17)46-30-27(35)39-24(16-37-30)41-11-7-32(8-12-41)15-21-19(26(32)34)5-4-9-36-21/h4-5,9,13-14,16,26,44H,2-3,6-8,10-12,15,34H2,1H3,(H2,35,39)(H,38,43)/t26-/m1/s1. The highest BCUT2D eigenvalue weighted by Gasteiger charge is 2.46. The average Bonchev–Trinajstić information content (AvgIpc) is 3.31. The first-order chi connectivity index (χ1) is 22.1. The summed E-state index contributed by atoms with van der Waals surface area (Å²) in [4.78, 5) is 46.6. The molecule has 12 nitrogen and oxygen atoms in total. The van der Waals surface area contributed by atoms with Crippen LogP contribution in [0, 0.1) is 18.2 Å². The summed E-state index contributed by atoms with van der Waals surface area (Å²) >= 11 is 1.12. The molecule has 4 aromatic rings. The van der Waals surface area contributed by atoms with Crippen LogP contribution in [0.15, 0.2) is 51.4 Å². The van der Waals surface area contributed by atoms with Crippen molar-refractivity contribution < 1.29 is 14.3 Å². The van der Waals surface area contributed by atoms with Crippen LogP contribution in [0.4, 0.5) is 21.7 Å². The van der Waals surface area contributed by atoms with Crippen LogP contribution in [0.1, 0.15) is 64.7 Å². The number of piperidine rings is 1. The first kappa shape index (κ1) is 30.1. The molecule has 1 fully saturated rings. The second-order valence-corrected chi connectivity index (χ2v) is 13.3. The van der Waals surface area contributed by atoms with Crippen LogP contribution in [0.25, 0.3) is 0 Å². The van der Waals surface area contributed by atoms with Gasteiger partial charge in [-0.25, -0.2) is 14.4 Å². The topological polar surface area (TPSA) is 178 Å². The SMILES string of the molecule is Cc1c(NC(=O)c2c(O)nc3n(c2=O)CCCC3)cc(F)cc1Sc1ncc(N2CCC3(CC2)Cc2ncccc2[C@H]3N)nc1N. The van der Waals surface area contributed by atoms with Crippen LogP contribution in [-0.4, -0.2) is 48.6 Å². The van der Waals surface area contributed by atoms with Crippen molar-refractivity contribution in [2.75, 3.05) is 29.0 Å². The maximum Gasteiger partial charge on any atom is 0.270 e. The molecule has 0 bridgehead atoms. The van der Waals surface area contributed by atoms with Gasteiger partial charge in [-0.3, -0.25) is 19.1 Å². The quantitative estimate of drug-likeness (QED) is 0.249. The van der Waals surface area contributed by atoms with Crippen molar-refractivity contribution in [1.29, 1.82) is 0 Å². The molecule has 6 N–H and O–H groups in total. The zero-order valence-electron chi connectivity index (χ0n) is 25.3. The molecule has 238 valence electrons. The number of carbonyl (C=O) groups excluding carboxylic acids is 1. The van der Waals surface area contributed by atoms with Crippen molar-refractivity contribution in [1.82, 2.24) is 24.5 Å². The third-order valence-corrected chi connectivity index (χ3v) is 10.7. The fourth-order valence-corrected chi connectivity index (χ4v) is 7.77. The van der Waals surface area contributed by atoms with E-state index < -0.39 is 28.7 Å². The van der Waals surface area contributed by atoms with Crippen molar-refractivity contribution in [3.8, 4) is 5.88 Å². The molecule has 3 aromatic heterocycles. The Morgan fingerprint density at radius 1 is 1.17 bits per heavy atom. The zero-order chi connectivity index (χ0) is 32.2. The minimum atomic E-state index is -0.869. The van der Waals surface area contributed by atoms with Gasteiger partial charge in [0.1, 0.15) is 22.5 Å². The highest BCUT2D eigenvalue weighted by Crippen LogP contribution is 2.50. The van der Waals surface area contributed by atoms with E-state index >= 15 is 0 Å². The Morgan fingerprint density at radius 2 is 1.98 bits per heavy atom. The van der Waals surface area contributed by atoms with E-state index in [0.29, 0.717) is 40.1 Å². The average molecular weight is 644 g/mol. The van der Waals surface area contributed by atoms with Crippen molar-refractivity contribution in [2.24, 2.45) is 11.1 Å². The third-order valence-electron chi connectivity index (χ3n) is 9.54. The van der Waals surface area contributed by atoms with E-state index in [1.54, 1.807) is 13.1 Å². The van der Waals surface area contributed by atoms with Crippen molar-refractivity contribution in [3.05, 3.63) is 81.0 Å². The second kappa shape index (κ2) is 11.7. The van der Waals surface area contributed by atoms with Crippen molar-refractivity contribution in [3.63, 3.8) is 0 Å². The van der Waals surface area contributed by atoms with Gasteiger partial charge in [-0.2, -0.15) is 4.98 Å². The Labute approximate surface area is 268 Å². The van der Waals surface area contributed by atoms with E-state index in [1.807, 2.05) is 12.3 Å². The Bertz CT molecular complexity index is 1930. The molecular weight excluding hydrogens is 609 g/mol. The molecule has 0 unspecified atom stereocenters. The first-order valence-electron chi connectivity index (χ1n) is 15.3. The predicted molar refractivity (Wildman–Crippen MR) is 172 cm³/mol. The number of hydrogen-bond donors (Lipinski definition) is 4. The lowest BCUT2D eigenvalue weighted by atomic mass is 9.73. The van der Waals surface area contributed by atoms with Gasteiger partial charge in [-0.15, -0.1) is 0 Å². The number of benzene rings is 1. The molecule has 0 radical (unpaired) electrons. The molecule has 3 aliphatic rings. The van der Waals surface area contributed by atoms with Crippen LogP contribution >= 0.6 is 11.8 Å². The van der Waals surface area contributed by atoms with E-state index in [4.69, 9.17) is 11.5 Å². The summed E-state index contributed by atoms with van der Waals surface area (Å²) in [5.41, 5.74) is 14.8. The molecule has 1 atom stereocenters.